The van der Waals surface area contributed by atoms with Crippen molar-refractivity contribution >= 4 is 16.8 Å². The van der Waals surface area contributed by atoms with E-state index in [1.54, 1.807) is 40.9 Å². The maximum Gasteiger partial charge on any atom is 0.261 e. The van der Waals surface area contributed by atoms with E-state index < -0.39 is 0 Å². The van der Waals surface area contributed by atoms with E-state index in [0.717, 1.165) is 43.6 Å². The van der Waals surface area contributed by atoms with Gasteiger partial charge < -0.3 is 4.90 Å². The Kier molecular flexibility index (Phi) is 5.77. The Morgan fingerprint density at radius 1 is 1.06 bits per heavy atom. The van der Waals surface area contributed by atoms with Gasteiger partial charge in [-0.15, -0.1) is 0 Å². The zero-order valence-corrected chi connectivity index (χ0v) is 18.8. The number of hydrogen-bond acceptors (Lipinski definition) is 4. The van der Waals surface area contributed by atoms with Gasteiger partial charge in [0.2, 0.25) is 0 Å². The van der Waals surface area contributed by atoms with Crippen LogP contribution in [0.2, 0.25) is 0 Å². The molecule has 168 valence electrons. The van der Waals surface area contributed by atoms with Crippen molar-refractivity contribution in [1.82, 2.24) is 24.2 Å². The lowest BCUT2D eigenvalue weighted by molar-refractivity contribution is 0.0785. The van der Waals surface area contributed by atoms with Crippen LogP contribution in [0.1, 0.15) is 46.6 Å². The van der Waals surface area contributed by atoms with Crippen LogP contribution in [0.4, 0.5) is 0 Å². The third kappa shape index (κ3) is 4.44. The average molecular weight is 442 g/mol. The van der Waals surface area contributed by atoms with Crippen molar-refractivity contribution in [3.05, 3.63) is 93.8 Å². The molecule has 0 fully saturated rings. The molecule has 0 atom stereocenters. The lowest BCUT2D eigenvalue weighted by atomic mass is 10.1. The molecule has 0 saturated carbocycles. The van der Waals surface area contributed by atoms with Crippen LogP contribution in [0.25, 0.3) is 10.9 Å². The maximum absolute atomic E-state index is 13.1. The maximum atomic E-state index is 13.1. The molecule has 7 heteroatoms. The van der Waals surface area contributed by atoms with Gasteiger partial charge in [-0.25, -0.2) is 4.98 Å². The van der Waals surface area contributed by atoms with E-state index >= 15 is 0 Å². The number of carbonyl (C=O) groups excluding carboxylic acids is 1. The van der Waals surface area contributed by atoms with Crippen LogP contribution < -0.4 is 5.56 Å². The standard InChI is InChI=1S/C26H27N5O2/c1-29(16-20-15-27-30(18-20)17-19-8-4-2-5-9-19)25(32)21-11-12-22-23(14-21)28-24-10-6-3-7-13-31(24)26(22)33/h2,4-5,8-9,11-12,14-15,18H,3,6-7,10,13,16-17H2,1H3. The molecule has 33 heavy (non-hydrogen) atoms. The molecule has 0 radical (unpaired) electrons. The van der Waals surface area contributed by atoms with Crippen molar-refractivity contribution in [3.8, 4) is 0 Å². The minimum absolute atomic E-state index is 0.00455. The first-order valence-corrected chi connectivity index (χ1v) is 11.4. The number of amides is 1. The van der Waals surface area contributed by atoms with Crippen LogP contribution in [0, 0.1) is 0 Å². The SMILES string of the molecule is CN(Cc1cnn(Cc2ccccc2)c1)C(=O)c1ccc2c(=O)n3c(nc2c1)CCCCC3. The van der Waals surface area contributed by atoms with Crippen LogP contribution in [0.3, 0.4) is 0 Å². The first kappa shape index (κ1) is 21.1. The number of carbonyl (C=O) groups is 1. The Hall–Kier alpha value is -3.74. The van der Waals surface area contributed by atoms with Crippen molar-refractivity contribution in [2.75, 3.05) is 7.05 Å². The fourth-order valence-electron chi connectivity index (χ4n) is 4.46. The zero-order chi connectivity index (χ0) is 22.8. The monoisotopic (exact) mass is 441 g/mol. The molecule has 3 heterocycles. The quantitative estimate of drug-likeness (QED) is 0.474. The second-order valence-electron chi connectivity index (χ2n) is 8.72. The fourth-order valence-corrected chi connectivity index (χ4v) is 4.46. The van der Waals surface area contributed by atoms with Crippen LogP contribution in [-0.4, -0.2) is 37.2 Å². The van der Waals surface area contributed by atoms with Gasteiger partial charge >= 0.3 is 0 Å². The van der Waals surface area contributed by atoms with E-state index in [1.165, 1.54) is 5.56 Å². The highest BCUT2D eigenvalue weighted by Crippen LogP contribution is 2.18. The molecule has 7 nitrogen and oxygen atoms in total. The summed E-state index contributed by atoms with van der Waals surface area (Å²) in [7, 11) is 1.78. The second-order valence-corrected chi connectivity index (χ2v) is 8.72. The van der Waals surface area contributed by atoms with Gasteiger partial charge in [0, 0.05) is 43.9 Å². The van der Waals surface area contributed by atoms with E-state index in [9.17, 15) is 9.59 Å². The topological polar surface area (TPSA) is 73.0 Å². The molecule has 2 aromatic carbocycles. The lowest BCUT2D eigenvalue weighted by Crippen LogP contribution is -2.27. The number of aromatic nitrogens is 4. The van der Waals surface area contributed by atoms with Gasteiger partial charge in [-0.1, -0.05) is 36.8 Å². The molecule has 0 bridgehead atoms. The summed E-state index contributed by atoms with van der Waals surface area (Å²) < 4.78 is 3.68. The van der Waals surface area contributed by atoms with Crippen LogP contribution >= 0.6 is 0 Å². The number of benzene rings is 2. The van der Waals surface area contributed by atoms with Gasteiger partial charge in [0.15, 0.2) is 0 Å². The summed E-state index contributed by atoms with van der Waals surface area (Å²) in [5, 5.41) is 5.00. The van der Waals surface area contributed by atoms with Gasteiger partial charge in [0.25, 0.3) is 11.5 Å². The van der Waals surface area contributed by atoms with Crippen molar-refractivity contribution in [2.24, 2.45) is 0 Å². The number of fused-ring (bicyclic) bond motifs is 2. The smallest absolute Gasteiger partial charge is 0.261 e. The Morgan fingerprint density at radius 3 is 2.76 bits per heavy atom. The molecule has 0 saturated heterocycles. The Morgan fingerprint density at radius 2 is 1.91 bits per heavy atom. The Bertz CT molecular complexity index is 1360. The van der Waals surface area contributed by atoms with Crippen molar-refractivity contribution < 1.29 is 4.79 Å². The summed E-state index contributed by atoms with van der Waals surface area (Å²) >= 11 is 0. The Balaban J connectivity index is 1.33. The highest BCUT2D eigenvalue weighted by Gasteiger charge is 2.17. The van der Waals surface area contributed by atoms with E-state index in [1.807, 2.05) is 29.1 Å². The van der Waals surface area contributed by atoms with Crippen LogP contribution in [-0.2, 0) is 26.1 Å². The van der Waals surface area contributed by atoms with Gasteiger partial charge in [-0.3, -0.25) is 18.8 Å². The fraction of sp³-hybridized carbons (Fsp3) is 0.308. The molecular formula is C26H27N5O2. The number of aryl methyl sites for hydroxylation is 1. The predicted molar refractivity (Wildman–Crippen MR) is 127 cm³/mol. The highest BCUT2D eigenvalue weighted by molar-refractivity contribution is 5.97. The molecule has 0 N–H and O–H groups in total. The molecule has 2 aromatic heterocycles. The molecule has 0 spiro atoms. The van der Waals surface area contributed by atoms with E-state index in [4.69, 9.17) is 4.98 Å². The molecule has 1 aliphatic rings. The van der Waals surface area contributed by atoms with E-state index in [2.05, 4.69) is 17.2 Å². The number of rotatable bonds is 5. The zero-order valence-electron chi connectivity index (χ0n) is 18.8. The third-order valence-electron chi connectivity index (χ3n) is 6.20. The van der Waals surface area contributed by atoms with Gasteiger partial charge in [0.1, 0.15) is 5.82 Å². The molecular weight excluding hydrogens is 414 g/mol. The largest absolute Gasteiger partial charge is 0.337 e. The van der Waals surface area contributed by atoms with Gasteiger partial charge in [-0.05, 0) is 36.6 Å². The van der Waals surface area contributed by atoms with E-state index in [0.29, 0.717) is 29.6 Å². The predicted octanol–water partition coefficient (Wildman–Crippen LogP) is 3.64. The van der Waals surface area contributed by atoms with Gasteiger partial charge in [-0.2, -0.15) is 5.10 Å². The number of hydrogen-bond donors (Lipinski definition) is 0. The summed E-state index contributed by atoms with van der Waals surface area (Å²) in [5.74, 6) is 0.721. The van der Waals surface area contributed by atoms with Gasteiger partial charge in [0.05, 0.1) is 23.6 Å². The summed E-state index contributed by atoms with van der Waals surface area (Å²) in [6.45, 7) is 1.86. The van der Waals surface area contributed by atoms with E-state index in [-0.39, 0.29) is 11.5 Å². The molecule has 0 unspecified atom stereocenters. The minimum atomic E-state index is -0.107. The second kappa shape index (κ2) is 9.02. The molecule has 5 rings (SSSR count). The highest BCUT2D eigenvalue weighted by atomic mass is 16.2. The van der Waals surface area contributed by atoms with Crippen molar-refractivity contribution in [2.45, 2.75) is 45.3 Å². The molecule has 0 aliphatic carbocycles. The van der Waals surface area contributed by atoms with Crippen molar-refractivity contribution in [1.29, 1.82) is 0 Å². The van der Waals surface area contributed by atoms with Crippen molar-refractivity contribution in [3.63, 3.8) is 0 Å². The van der Waals surface area contributed by atoms with Crippen LogP contribution in [0.5, 0.6) is 0 Å². The molecule has 1 amide bonds. The summed E-state index contributed by atoms with van der Waals surface area (Å²) in [4.78, 5) is 32.5. The van der Waals surface area contributed by atoms with Crippen LogP contribution in [0.15, 0.2) is 65.7 Å². The first-order valence-electron chi connectivity index (χ1n) is 11.4. The third-order valence-corrected chi connectivity index (χ3v) is 6.20. The normalized spacial score (nSPS) is 13.5. The molecule has 4 aromatic rings. The molecule has 1 aliphatic heterocycles. The first-order chi connectivity index (χ1) is 16.1. The average Bonchev–Trinajstić information content (AvgIpc) is 3.12. The lowest BCUT2D eigenvalue weighted by Gasteiger charge is -2.17. The number of nitrogens with zero attached hydrogens (tertiary/aromatic N) is 5. The summed E-state index contributed by atoms with van der Waals surface area (Å²) in [6.07, 6.45) is 7.71. The minimum Gasteiger partial charge on any atom is -0.337 e. The summed E-state index contributed by atoms with van der Waals surface area (Å²) in [5.41, 5.74) is 3.27. The summed E-state index contributed by atoms with van der Waals surface area (Å²) in [6, 6.07) is 15.4. The Labute approximate surface area is 192 Å².